The van der Waals surface area contributed by atoms with Gasteiger partial charge in [0.2, 0.25) is 5.91 Å². The molecule has 0 aromatic heterocycles. The number of carbonyl (C=O) groups is 1. The molecule has 0 spiro atoms. The lowest BCUT2D eigenvalue weighted by Crippen LogP contribution is -2.50. The number of hydrogen-bond donors (Lipinski definition) is 2. The summed E-state index contributed by atoms with van der Waals surface area (Å²) in [4.78, 5) is 12.9. The minimum atomic E-state index is -0.294. The van der Waals surface area contributed by atoms with Gasteiger partial charge in [0, 0.05) is 10.9 Å². The van der Waals surface area contributed by atoms with Gasteiger partial charge in [-0.05, 0) is 60.8 Å². The molecule has 0 aliphatic carbocycles. The molecule has 0 radical (unpaired) electrons. The van der Waals surface area contributed by atoms with Crippen molar-refractivity contribution < 1.29 is 9.53 Å². The molecule has 6 heteroatoms. The van der Waals surface area contributed by atoms with Gasteiger partial charge >= 0.3 is 0 Å². The van der Waals surface area contributed by atoms with Gasteiger partial charge in [-0.3, -0.25) is 4.79 Å². The number of nitrogens with one attached hydrogen (secondary N) is 2. The summed E-state index contributed by atoms with van der Waals surface area (Å²) in [6, 6.07) is 13.3. The number of hydrogen-bond acceptors (Lipinski definition) is 3. The Labute approximate surface area is 172 Å². The van der Waals surface area contributed by atoms with Crippen LogP contribution in [-0.2, 0) is 4.79 Å². The van der Waals surface area contributed by atoms with Crippen LogP contribution in [0.2, 0.25) is 5.02 Å². The third kappa shape index (κ3) is 4.75. The second-order valence-corrected chi connectivity index (χ2v) is 7.30. The summed E-state index contributed by atoms with van der Waals surface area (Å²) < 4.78 is 5.31. The average Bonchev–Trinajstić information content (AvgIpc) is 2.59. The molecule has 0 bridgehead atoms. The zero-order chi connectivity index (χ0) is 18.7. The van der Waals surface area contributed by atoms with Gasteiger partial charge in [0.25, 0.3) is 0 Å². The van der Waals surface area contributed by atoms with Crippen molar-refractivity contribution in [1.29, 1.82) is 0 Å². The Balaban J connectivity index is 0.00000261. The van der Waals surface area contributed by atoms with Crippen LogP contribution in [0.3, 0.4) is 0 Å². The lowest BCUT2D eigenvalue weighted by atomic mass is 9.87. The normalized spacial score (nSPS) is 15.9. The smallest absolute Gasteiger partial charge is 0.223 e. The highest BCUT2D eigenvalue weighted by Gasteiger charge is 2.31. The molecule has 3 rings (SSSR count). The topological polar surface area (TPSA) is 50.4 Å². The first-order chi connectivity index (χ1) is 12.5. The summed E-state index contributed by atoms with van der Waals surface area (Å²) in [5, 5.41) is 7.10. The van der Waals surface area contributed by atoms with Gasteiger partial charge in [0.15, 0.2) is 0 Å². The minimum absolute atomic E-state index is 0. The van der Waals surface area contributed by atoms with Gasteiger partial charge in [-0.25, -0.2) is 0 Å². The summed E-state index contributed by atoms with van der Waals surface area (Å²) in [7, 11) is 1.65. The number of benzene rings is 2. The molecule has 2 unspecified atom stereocenters. The van der Waals surface area contributed by atoms with Gasteiger partial charge in [-0.2, -0.15) is 0 Å². The zero-order valence-electron chi connectivity index (χ0n) is 15.8. The average molecular weight is 409 g/mol. The second kappa shape index (κ2) is 9.45. The minimum Gasteiger partial charge on any atom is -0.497 e. The number of ether oxygens (including phenoxy) is 1. The summed E-state index contributed by atoms with van der Waals surface area (Å²) in [6.45, 7) is 5.80. The Kier molecular flexibility index (Phi) is 7.54. The van der Waals surface area contributed by atoms with Gasteiger partial charge in [-0.1, -0.05) is 42.8 Å². The number of aryl methyl sites for hydroxylation is 1. The molecule has 2 aromatic rings. The summed E-state index contributed by atoms with van der Waals surface area (Å²) in [6.07, 6.45) is 0. The van der Waals surface area contributed by atoms with E-state index in [1.165, 1.54) is 0 Å². The molecule has 2 atom stereocenters. The van der Waals surface area contributed by atoms with E-state index in [1.807, 2.05) is 56.3 Å². The van der Waals surface area contributed by atoms with Crippen molar-refractivity contribution in [2.45, 2.75) is 19.9 Å². The van der Waals surface area contributed by atoms with Crippen LogP contribution in [-0.4, -0.2) is 26.1 Å². The molecule has 1 aliphatic rings. The Morgan fingerprint density at radius 2 is 1.93 bits per heavy atom. The van der Waals surface area contributed by atoms with E-state index in [1.54, 1.807) is 7.11 Å². The molecule has 1 fully saturated rings. The van der Waals surface area contributed by atoms with Crippen molar-refractivity contribution in [1.82, 2.24) is 10.6 Å². The third-order valence-electron chi connectivity index (χ3n) is 5.22. The van der Waals surface area contributed by atoms with E-state index in [9.17, 15) is 4.79 Å². The van der Waals surface area contributed by atoms with Crippen LogP contribution in [0.5, 0.6) is 5.75 Å². The third-order valence-corrected chi connectivity index (χ3v) is 5.57. The van der Waals surface area contributed by atoms with Crippen molar-refractivity contribution in [3.8, 4) is 5.75 Å². The van der Waals surface area contributed by atoms with Crippen LogP contribution < -0.4 is 15.4 Å². The predicted octanol–water partition coefficient (Wildman–Crippen LogP) is 4.14. The fourth-order valence-corrected chi connectivity index (χ4v) is 3.53. The highest BCUT2D eigenvalue weighted by molar-refractivity contribution is 6.31. The quantitative estimate of drug-likeness (QED) is 0.754. The lowest BCUT2D eigenvalue weighted by molar-refractivity contribution is -0.127. The van der Waals surface area contributed by atoms with E-state index in [0.717, 1.165) is 35.5 Å². The number of rotatable bonds is 6. The monoisotopic (exact) mass is 408 g/mol. The van der Waals surface area contributed by atoms with Crippen LogP contribution in [0.4, 0.5) is 0 Å². The molecular weight excluding hydrogens is 383 g/mol. The van der Waals surface area contributed by atoms with E-state index in [-0.39, 0.29) is 30.3 Å². The zero-order valence-corrected chi connectivity index (χ0v) is 17.4. The Bertz CT molecular complexity index is 794. The number of amides is 1. The summed E-state index contributed by atoms with van der Waals surface area (Å²) in [5.41, 5.74) is 2.97. The molecular formula is C21H26Cl2N2O2. The van der Waals surface area contributed by atoms with E-state index in [2.05, 4.69) is 10.6 Å². The van der Waals surface area contributed by atoms with Gasteiger partial charge < -0.3 is 15.4 Å². The first-order valence-electron chi connectivity index (χ1n) is 8.91. The number of carbonyl (C=O) groups excluding carboxylic acids is 1. The van der Waals surface area contributed by atoms with Crippen LogP contribution in [0, 0.1) is 18.8 Å². The van der Waals surface area contributed by atoms with Gasteiger partial charge in [0.1, 0.15) is 5.75 Å². The molecule has 2 aromatic carbocycles. The molecule has 4 nitrogen and oxygen atoms in total. The highest BCUT2D eigenvalue weighted by atomic mass is 35.5. The molecule has 1 aliphatic heterocycles. The first kappa shape index (κ1) is 21.5. The maximum Gasteiger partial charge on any atom is 0.223 e. The molecule has 2 N–H and O–H groups in total. The maximum atomic E-state index is 12.9. The molecule has 1 heterocycles. The predicted molar refractivity (Wildman–Crippen MR) is 112 cm³/mol. The van der Waals surface area contributed by atoms with Crippen LogP contribution in [0.1, 0.15) is 29.7 Å². The summed E-state index contributed by atoms with van der Waals surface area (Å²) in [5.74, 6) is 1.19. The van der Waals surface area contributed by atoms with Gasteiger partial charge in [0.05, 0.1) is 13.2 Å². The van der Waals surface area contributed by atoms with Crippen LogP contribution in [0.15, 0.2) is 42.5 Å². The van der Waals surface area contributed by atoms with E-state index in [0.29, 0.717) is 10.9 Å². The molecule has 146 valence electrons. The Morgan fingerprint density at radius 1 is 1.22 bits per heavy atom. The van der Waals surface area contributed by atoms with Crippen LogP contribution >= 0.6 is 24.0 Å². The number of methoxy groups -OCH3 is 1. The van der Waals surface area contributed by atoms with Crippen molar-refractivity contribution in [3.05, 3.63) is 64.2 Å². The largest absolute Gasteiger partial charge is 0.497 e. The fraction of sp³-hybridized carbons (Fsp3) is 0.381. The molecule has 1 saturated heterocycles. The fourth-order valence-electron chi connectivity index (χ4n) is 3.28. The van der Waals surface area contributed by atoms with E-state index in [4.69, 9.17) is 16.3 Å². The molecule has 0 saturated carbocycles. The van der Waals surface area contributed by atoms with E-state index >= 15 is 0 Å². The highest BCUT2D eigenvalue weighted by Crippen LogP contribution is 2.32. The van der Waals surface area contributed by atoms with Crippen molar-refractivity contribution in [3.63, 3.8) is 0 Å². The second-order valence-electron chi connectivity index (χ2n) is 6.89. The maximum absolute atomic E-state index is 12.9. The Hall–Kier alpha value is -1.75. The first-order valence-corrected chi connectivity index (χ1v) is 9.29. The standard InChI is InChI=1S/C21H25ClN2O2.ClH/c1-13-10-16(26-3)8-9-17(13)20(18-6-4-5-7-19(18)22)24-21(25)14(2)15-11-23-12-15;/h4-10,14-15,20,23H,11-12H2,1-3H3,(H,24,25);1H. The van der Waals surface area contributed by atoms with Gasteiger partial charge in [-0.15, -0.1) is 12.4 Å². The molecule has 27 heavy (non-hydrogen) atoms. The number of halogens is 2. The Morgan fingerprint density at radius 3 is 2.48 bits per heavy atom. The van der Waals surface area contributed by atoms with E-state index < -0.39 is 0 Å². The molecule has 1 amide bonds. The van der Waals surface area contributed by atoms with Crippen molar-refractivity contribution >= 4 is 29.9 Å². The SMILES string of the molecule is COc1ccc(C(NC(=O)C(C)C2CNC2)c2ccccc2Cl)c(C)c1.Cl. The lowest BCUT2D eigenvalue weighted by Gasteiger charge is -2.33. The van der Waals surface area contributed by atoms with Crippen LogP contribution in [0.25, 0.3) is 0 Å². The van der Waals surface area contributed by atoms with Crippen molar-refractivity contribution in [2.24, 2.45) is 11.8 Å². The summed E-state index contributed by atoms with van der Waals surface area (Å²) >= 11 is 6.46. The van der Waals surface area contributed by atoms with Crippen molar-refractivity contribution in [2.75, 3.05) is 20.2 Å².